The molecule has 0 heterocycles. The van der Waals surface area contributed by atoms with Gasteiger partial charge < -0.3 is 0 Å². The molecule has 0 atom stereocenters. The van der Waals surface area contributed by atoms with Crippen LogP contribution in [0.4, 0.5) is 0 Å². The van der Waals surface area contributed by atoms with E-state index in [9.17, 15) is 0 Å². The quantitative estimate of drug-likeness (QED) is 0.446. The first-order valence-electron chi connectivity index (χ1n) is 4.96. The predicted molar refractivity (Wildman–Crippen MR) is 60.3 cm³/mol. The van der Waals surface area contributed by atoms with E-state index in [1.165, 1.54) is 5.57 Å². The van der Waals surface area contributed by atoms with Crippen LogP contribution in [-0.4, -0.2) is 7.85 Å². The van der Waals surface area contributed by atoms with Crippen LogP contribution in [-0.2, 0) is 0 Å². The van der Waals surface area contributed by atoms with E-state index in [0.29, 0.717) is 17.2 Å². The summed E-state index contributed by atoms with van der Waals surface area (Å²) < 4.78 is 0. The highest BCUT2D eigenvalue weighted by atomic mass is 14.3. The molecule has 0 aliphatic carbocycles. The van der Waals surface area contributed by atoms with Crippen LogP contribution in [0.15, 0.2) is 11.6 Å². The lowest BCUT2D eigenvalue weighted by atomic mass is 9.55. The van der Waals surface area contributed by atoms with Gasteiger partial charge in [0.05, 0.1) is 0 Å². The van der Waals surface area contributed by atoms with Crippen molar-refractivity contribution in [2.45, 2.75) is 46.9 Å². The highest BCUT2D eigenvalue weighted by molar-refractivity contribution is 6.17. The number of hydrogen-bond acceptors (Lipinski definition) is 0. The van der Waals surface area contributed by atoms with Gasteiger partial charge in [0.15, 0.2) is 0 Å². The predicted octanol–water partition coefficient (Wildman–Crippen LogP) is 3.06. The van der Waals surface area contributed by atoms with Crippen molar-refractivity contribution in [3.05, 3.63) is 11.6 Å². The molecule has 0 aliphatic heterocycles. The Hall–Kier alpha value is -0.195. The van der Waals surface area contributed by atoms with Crippen LogP contribution >= 0.6 is 0 Å². The van der Waals surface area contributed by atoms with Gasteiger partial charge in [-0.1, -0.05) is 39.3 Å². The second kappa shape index (κ2) is 4.16. The Balaban J connectivity index is 4.76. The summed E-state index contributed by atoms with van der Waals surface area (Å²) in [6.07, 6.45) is 2.42. The fourth-order valence-corrected chi connectivity index (χ4v) is 1.62. The van der Waals surface area contributed by atoms with E-state index in [1.807, 2.05) is 0 Å². The molecule has 0 aromatic rings. The highest BCUT2D eigenvalue weighted by Crippen LogP contribution is 2.42. The Labute approximate surface area is 78.9 Å². The van der Waals surface area contributed by atoms with Gasteiger partial charge in [-0.05, 0) is 31.0 Å². The number of allylic oxidation sites excluding steroid dienone is 2. The summed E-state index contributed by atoms with van der Waals surface area (Å²) in [6, 6.07) is 0. The van der Waals surface area contributed by atoms with Crippen molar-refractivity contribution in [3.8, 4) is 0 Å². The van der Waals surface area contributed by atoms with E-state index in [4.69, 9.17) is 0 Å². The van der Waals surface area contributed by atoms with Crippen LogP contribution in [0.25, 0.3) is 0 Å². The molecule has 0 unspecified atom stereocenters. The smallest absolute Gasteiger partial charge is 0.0872 e. The molecule has 0 aliphatic rings. The van der Waals surface area contributed by atoms with Crippen LogP contribution < -0.4 is 0 Å². The minimum absolute atomic E-state index is 0.360. The standard InChI is InChI=1S/C11H23B/c1-8(2)7-11(12,9(3)4)10(5)6/h7,9-10H,12H2,1-6H3. The Bertz CT molecular complexity index is 154. The molecular weight excluding hydrogens is 143 g/mol. The molecule has 0 saturated carbocycles. The molecule has 12 heavy (non-hydrogen) atoms. The minimum Gasteiger partial charge on any atom is -0.0872 e. The summed E-state index contributed by atoms with van der Waals surface area (Å²) in [5.41, 5.74) is 1.43. The average Bonchev–Trinajstić information content (AvgIpc) is 1.84. The maximum absolute atomic E-state index is 2.42. The summed E-state index contributed by atoms with van der Waals surface area (Å²) in [7, 11) is 2.36. The van der Waals surface area contributed by atoms with E-state index in [0.717, 1.165) is 0 Å². The van der Waals surface area contributed by atoms with Gasteiger partial charge in [-0.25, -0.2) is 0 Å². The van der Waals surface area contributed by atoms with E-state index < -0.39 is 0 Å². The van der Waals surface area contributed by atoms with Crippen LogP contribution in [0.2, 0.25) is 5.31 Å². The van der Waals surface area contributed by atoms with Crippen molar-refractivity contribution in [2.24, 2.45) is 11.8 Å². The van der Waals surface area contributed by atoms with Gasteiger partial charge in [-0.15, -0.1) is 0 Å². The lowest BCUT2D eigenvalue weighted by Crippen LogP contribution is -2.24. The van der Waals surface area contributed by atoms with Gasteiger partial charge in [0.1, 0.15) is 7.85 Å². The summed E-state index contributed by atoms with van der Waals surface area (Å²) in [5, 5.41) is 0.360. The Kier molecular flexibility index (Phi) is 4.09. The summed E-state index contributed by atoms with van der Waals surface area (Å²) in [6.45, 7) is 13.6. The summed E-state index contributed by atoms with van der Waals surface area (Å²) in [4.78, 5) is 0. The van der Waals surface area contributed by atoms with Crippen LogP contribution in [0.3, 0.4) is 0 Å². The molecule has 0 amide bonds. The zero-order valence-corrected chi connectivity index (χ0v) is 9.73. The molecule has 0 nitrogen and oxygen atoms in total. The molecule has 0 aromatic carbocycles. The molecule has 0 N–H and O–H groups in total. The Morgan fingerprint density at radius 1 is 1.08 bits per heavy atom. The topological polar surface area (TPSA) is 0 Å². The van der Waals surface area contributed by atoms with Gasteiger partial charge in [-0.2, -0.15) is 0 Å². The maximum Gasteiger partial charge on any atom is 0.115 e. The molecule has 0 rings (SSSR count). The molecule has 0 fully saturated rings. The molecule has 70 valence electrons. The Morgan fingerprint density at radius 2 is 1.42 bits per heavy atom. The zero-order chi connectivity index (χ0) is 9.94. The first-order valence-corrected chi connectivity index (χ1v) is 4.96. The van der Waals surface area contributed by atoms with E-state index >= 15 is 0 Å². The van der Waals surface area contributed by atoms with Gasteiger partial charge in [0.2, 0.25) is 0 Å². The lowest BCUT2D eigenvalue weighted by Gasteiger charge is -2.35. The lowest BCUT2D eigenvalue weighted by molar-refractivity contribution is 0.376. The first-order chi connectivity index (χ1) is 5.30. The average molecular weight is 166 g/mol. The van der Waals surface area contributed by atoms with Crippen molar-refractivity contribution in [1.29, 1.82) is 0 Å². The molecule has 1 heteroatoms. The van der Waals surface area contributed by atoms with Crippen molar-refractivity contribution in [3.63, 3.8) is 0 Å². The molecule has 0 saturated heterocycles. The second-order valence-electron chi connectivity index (χ2n) is 4.90. The van der Waals surface area contributed by atoms with Crippen molar-refractivity contribution >= 4 is 7.85 Å². The maximum atomic E-state index is 2.42. The van der Waals surface area contributed by atoms with Crippen molar-refractivity contribution in [2.75, 3.05) is 0 Å². The molecule has 0 radical (unpaired) electrons. The third kappa shape index (κ3) is 2.69. The van der Waals surface area contributed by atoms with Gasteiger partial charge in [0, 0.05) is 0 Å². The van der Waals surface area contributed by atoms with E-state index in [2.05, 4.69) is 55.5 Å². The first kappa shape index (κ1) is 11.8. The Morgan fingerprint density at radius 3 is 1.50 bits per heavy atom. The summed E-state index contributed by atoms with van der Waals surface area (Å²) in [5.74, 6) is 1.43. The number of hydrogen-bond donors (Lipinski definition) is 0. The fourth-order valence-electron chi connectivity index (χ4n) is 1.62. The third-order valence-corrected chi connectivity index (χ3v) is 3.09. The molecule has 0 bridgehead atoms. The third-order valence-electron chi connectivity index (χ3n) is 3.09. The van der Waals surface area contributed by atoms with Crippen LogP contribution in [0.1, 0.15) is 41.5 Å². The van der Waals surface area contributed by atoms with E-state index in [1.54, 1.807) is 0 Å². The minimum atomic E-state index is 0.360. The molecule has 0 aromatic heterocycles. The van der Waals surface area contributed by atoms with Crippen LogP contribution in [0, 0.1) is 11.8 Å². The SMILES string of the molecule is BC(C=C(C)C)(C(C)C)C(C)C. The zero-order valence-electron chi connectivity index (χ0n) is 9.73. The monoisotopic (exact) mass is 166 g/mol. The van der Waals surface area contributed by atoms with E-state index in [-0.39, 0.29) is 0 Å². The van der Waals surface area contributed by atoms with Gasteiger partial charge in [-0.3, -0.25) is 0 Å². The van der Waals surface area contributed by atoms with Crippen LogP contribution in [0.5, 0.6) is 0 Å². The fraction of sp³-hybridized carbons (Fsp3) is 0.818. The van der Waals surface area contributed by atoms with Crippen molar-refractivity contribution in [1.82, 2.24) is 0 Å². The normalized spacial score (nSPS) is 12.3. The molecular formula is C11H23B. The van der Waals surface area contributed by atoms with Gasteiger partial charge >= 0.3 is 0 Å². The van der Waals surface area contributed by atoms with Crippen molar-refractivity contribution < 1.29 is 0 Å². The molecule has 0 spiro atoms. The van der Waals surface area contributed by atoms with Gasteiger partial charge in [0.25, 0.3) is 0 Å². The number of rotatable bonds is 3. The highest BCUT2D eigenvalue weighted by Gasteiger charge is 2.28. The largest absolute Gasteiger partial charge is 0.115 e. The summed E-state index contributed by atoms with van der Waals surface area (Å²) >= 11 is 0. The second-order valence-corrected chi connectivity index (χ2v) is 4.90.